The predicted octanol–water partition coefficient (Wildman–Crippen LogP) is -0.0679. The molecule has 0 N–H and O–H groups in total. The van der Waals surface area contributed by atoms with Gasteiger partial charge in [0.2, 0.25) is 0 Å². The van der Waals surface area contributed by atoms with Gasteiger partial charge in [-0.25, -0.2) is 4.79 Å². The van der Waals surface area contributed by atoms with Crippen LogP contribution in [0.25, 0.3) is 0 Å². The average molecular weight is 194 g/mol. The lowest BCUT2D eigenvalue weighted by molar-refractivity contribution is -0.154. The van der Waals surface area contributed by atoms with Gasteiger partial charge in [0.25, 0.3) is 0 Å². The van der Waals surface area contributed by atoms with Crippen molar-refractivity contribution in [2.45, 2.75) is 26.1 Å². The van der Waals surface area contributed by atoms with Gasteiger partial charge < -0.3 is 4.74 Å². The van der Waals surface area contributed by atoms with Gasteiger partial charge in [-0.15, -0.1) is 0 Å². The minimum Gasteiger partial charge on any atom is -0.461 e. The standard InChI is InChI=1S/C6H10O5S/c1-4(2)10-6(7)5-3-9-12(8)11-5/h4-5H,3H2,1-2H3. The molecule has 0 radical (unpaired) electrons. The molecule has 0 amide bonds. The van der Waals surface area contributed by atoms with Crippen LogP contribution in [0.15, 0.2) is 0 Å². The van der Waals surface area contributed by atoms with Crippen LogP contribution in [-0.4, -0.2) is 29.0 Å². The zero-order chi connectivity index (χ0) is 9.14. The summed E-state index contributed by atoms with van der Waals surface area (Å²) in [6.45, 7) is 3.45. The van der Waals surface area contributed by atoms with E-state index in [1.807, 2.05) is 0 Å². The normalized spacial score (nSPS) is 29.2. The van der Waals surface area contributed by atoms with Gasteiger partial charge in [0, 0.05) is 0 Å². The van der Waals surface area contributed by atoms with Crippen LogP contribution in [0.3, 0.4) is 0 Å². The van der Waals surface area contributed by atoms with Gasteiger partial charge in [-0.3, -0.25) is 8.37 Å². The summed E-state index contributed by atoms with van der Waals surface area (Å²) in [6.07, 6.45) is -1.04. The van der Waals surface area contributed by atoms with Crippen LogP contribution in [-0.2, 0) is 29.3 Å². The first-order valence-electron chi connectivity index (χ1n) is 3.52. The highest BCUT2D eigenvalue weighted by molar-refractivity contribution is 7.75. The maximum absolute atomic E-state index is 11.0. The Morgan fingerprint density at radius 1 is 1.67 bits per heavy atom. The Morgan fingerprint density at radius 2 is 2.33 bits per heavy atom. The van der Waals surface area contributed by atoms with Gasteiger partial charge in [-0.1, -0.05) is 0 Å². The Labute approximate surface area is 72.9 Å². The number of ether oxygens (including phenoxy) is 1. The number of esters is 1. The minimum absolute atomic E-state index is 0.00182. The third-order valence-corrected chi connectivity index (χ3v) is 1.84. The van der Waals surface area contributed by atoms with E-state index in [1.165, 1.54) is 0 Å². The first kappa shape index (κ1) is 9.63. The van der Waals surface area contributed by atoms with E-state index >= 15 is 0 Å². The van der Waals surface area contributed by atoms with Crippen LogP contribution in [0.4, 0.5) is 0 Å². The van der Waals surface area contributed by atoms with Crippen LogP contribution in [0.1, 0.15) is 13.8 Å². The zero-order valence-electron chi connectivity index (χ0n) is 6.81. The lowest BCUT2D eigenvalue weighted by Gasteiger charge is -2.09. The molecule has 1 aliphatic heterocycles. The molecule has 0 aromatic carbocycles. The van der Waals surface area contributed by atoms with Crippen molar-refractivity contribution in [3.8, 4) is 0 Å². The molecule has 1 fully saturated rings. The fraction of sp³-hybridized carbons (Fsp3) is 0.833. The zero-order valence-corrected chi connectivity index (χ0v) is 7.63. The quantitative estimate of drug-likeness (QED) is 0.576. The molecule has 1 saturated heterocycles. The largest absolute Gasteiger partial charge is 0.461 e. The van der Waals surface area contributed by atoms with Crippen molar-refractivity contribution in [2.75, 3.05) is 6.61 Å². The molecule has 0 saturated carbocycles. The highest BCUT2D eigenvalue weighted by Gasteiger charge is 2.31. The first-order valence-corrected chi connectivity index (χ1v) is 4.52. The molecule has 1 aliphatic rings. The van der Waals surface area contributed by atoms with E-state index in [-0.39, 0.29) is 12.7 Å². The monoisotopic (exact) mass is 194 g/mol. The van der Waals surface area contributed by atoms with Crippen molar-refractivity contribution in [1.82, 2.24) is 0 Å². The Kier molecular flexibility index (Phi) is 3.19. The summed E-state index contributed by atoms with van der Waals surface area (Å²) in [5.41, 5.74) is 0. The summed E-state index contributed by atoms with van der Waals surface area (Å²) < 4.78 is 24.4. The third kappa shape index (κ3) is 2.54. The van der Waals surface area contributed by atoms with E-state index in [0.29, 0.717) is 0 Å². The van der Waals surface area contributed by atoms with E-state index in [9.17, 15) is 9.00 Å². The van der Waals surface area contributed by atoms with Crippen molar-refractivity contribution in [3.63, 3.8) is 0 Å². The molecule has 70 valence electrons. The molecule has 0 aliphatic carbocycles. The van der Waals surface area contributed by atoms with Crippen molar-refractivity contribution >= 4 is 17.3 Å². The first-order chi connectivity index (χ1) is 5.59. The van der Waals surface area contributed by atoms with Gasteiger partial charge in [0.15, 0.2) is 6.10 Å². The highest BCUT2D eigenvalue weighted by atomic mass is 32.2. The lowest BCUT2D eigenvalue weighted by Crippen LogP contribution is -2.27. The molecular weight excluding hydrogens is 184 g/mol. The average Bonchev–Trinajstić information content (AvgIpc) is 2.34. The molecule has 5 nitrogen and oxygen atoms in total. The second kappa shape index (κ2) is 3.97. The molecule has 0 spiro atoms. The minimum atomic E-state index is -1.79. The molecular formula is C6H10O5S. The topological polar surface area (TPSA) is 61.8 Å². The number of rotatable bonds is 2. The van der Waals surface area contributed by atoms with Crippen molar-refractivity contribution in [3.05, 3.63) is 0 Å². The van der Waals surface area contributed by atoms with Gasteiger partial charge in [-0.2, -0.15) is 4.21 Å². The van der Waals surface area contributed by atoms with Crippen LogP contribution < -0.4 is 0 Å². The predicted molar refractivity (Wildman–Crippen MR) is 40.2 cm³/mol. The molecule has 0 aromatic rings. The summed E-state index contributed by atoms with van der Waals surface area (Å²) in [4.78, 5) is 11.0. The van der Waals surface area contributed by atoms with Gasteiger partial charge in [0.1, 0.15) is 6.61 Å². The van der Waals surface area contributed by atoms with Crippen LogP contribution in [0.2, 0.25) is 0 Å². The molecule has 6 heteroatoms. The number of hydrogen-bond donors (Lipinski definition) is 0. The second-order valence-corrected chi connectivity index (χ2v) is 3.40. The maximum atomic E-state index is 11.0. The summed E-state index contributed by atoms with van der Waals surface area (Å²) in [5, 5.41) is 0. The SMILES string of the molecule is CC(C)OC(=O)C1COS(=O)O1. The van der Waals surface area contributed by atoms with Gasteiger partial charge >= 0.3 is 17.3 Å². The smallest absolute Gasteiger partial charge is 0.339 e. The highest BCUT2D eigenvalue weighted by Crippen LogP contribution is 2.10. The van der Waals surface area contributed by atoms with E-state index in [2.05, 4.69) is 8.37 Å². The van der Waals surface area contributed by atoms with E-state index in [0.717, 1.165) is 0 Å². The molecule has 12 heavy (non-hydrogen) atoms. The second-order valence-electron chi connectivity index (χ2n) is 2.56. The molecule has 2 atom stereocenters. The third-order valence-electron chi connectivity index (χ3n) is 1.13. The van der Waals surface area contributed by atoms with Crippen LogP contribution >= 0.6 is 0 Å². The Hall–Kier alpha value is -0.460. The Morgan fingerprint density at radius 3 is 2.75 bits per heavy atom. The van der Waals surface area contributed by atoms with Gasteiger partial charge in [-0.05, 0) is 13.8 Å². The van der Waals surface area contributed by atoms with Gasteiger partial charge in [0.05, 0.1) is 6.10 Å². The van der Waals surface area contributed by atoms with E-state index in [4.69, 9.17) is 4.74 Å². The van der Waals surface area contributed by atoms with Crippen molar-refractivity contribution < 1.29 is 22.1 Å². The van der Waals surface area contributed by atoms with Crippen molar-refractivity contribution in [1.29, 1.82) is 0 Å². The maximum Gasteiger partial charge on any atom is 0.339 e. The summed E-state index contributed by atoms with van der Waals surface area (Å²) in [6, 6.07) is 0. The van der Waals surface area contributed by atoms with Crippen molar-refractivity contribution in [2.24, 2.45) is 0 Å². The molecule has 0 aromatic heterocycles. The Bertz CT molecular complexity index is 202. The lowest BCUT2D eigenvalue weighted by atomic mass is 10.4. The molecule has 1 heterocycles. The summed E-state index contributed by atoms with van der Waals surface area (Å²) in [5.74, 6) is -0.532. The van der Waals surface area contributed by atoms with Crippen LogP contribution in [0, 0.1) is 0 Å². The number of carbonyl (C=O) groups is 1. The van der Waals surface area contributed by atoms with Crippen LogP contribution in [0.5, 0.6) is 0 Å². The number of carbonyl (C=O) groups excluding carboxylic acids is 1. The molecule has 1 rings (SSSR count). The van der Waals surface area contributed by atoms with E-state index < -0.39 is 23.4 Å². The number of hydrogen-bond acceptors (Lipinski definition) is 5. The fourth-order valence-electron chi connectivity index (χ4n) is 0.683. The fourth-order valence-corrected chi connectivity index (χ4v) is 1.30. The summed E-state index contributed by atoms with van der Waals surface area (Å²) >= 11 is -1.79. The summed E-state index contributed by atoms with van der Waals surface area (Å²) in [7, 11) is 0. The van der Waals surface area contributed by atoms with E-state index in [1.54, 1.807) is 13.8 Å². The molecule has 2 unspecified atom stereocenters. The Balaban J connectivity index is 2.38. The molecule has 0 bridgehead atoms.